The average molecular weight is 291 g/mol. The molecule has 0 aliphatic rings. The number of nitro groups is 1. The van der Waals surface area contributed by atoms with Gasteiger partial charge in [-0.25, -0.2) is 4.68 Å². The van der Waals surface area contributed by atoms with E-state index in [1.54, 1.807) is 6.20 Å². The van der Waals surface area contributed by atoms with Gasteiger partial charge in [-0.1, -0.05) is 5.21 Å². The van der Waals surface area contributed by atoms with Gasteiger partial charge in [0.1, 0.15) is 0 Å². The van der Waals surface area contributed by atoms with Gasteiger partial charge in [-0.15, -0.1) is 5.10 Å². The number of aromatic nitrogens is 3. The molecule has 0 unspecified atom stereocenters. The molecule has 1 aromatic heterocycles. The maximum atomic E-state index is 11.1. The number of aliphatic hydroxyl groups is 1. The van der Waals surface area contributed by atoms with Crippen molar-refractivity contribution in [3.63, 3.8) is 0 Å². The standard InChI is InChI=1S/C12H13N5O4/c13-12(19)8-1-2-9(11(5-8)17(20)21)6-16-7-10(3-4-18)14-15-16/h1-2,5,7,18H,3-4,6H2,(H2,13,19). The molecule has 0 aliphatic heterocycles. The second-order valence-electron chi connectivity index (χ2n) is 4.35. The van der Waals surface area contributed by atoms with E-state index in [-0.39, 0.29) is 24.4 Å². The maximum absolute atomic E-state index is 11.1. The van der Waals surface area contributed by atoms with Crippen LogP contribution in [0.5, 0.6) is 0 Å². The van der Waals surface area contributed by atoms with Gasteiger partial charge >= 0.3 is 0 Å². The number of primary amides is 1. The van der Waals surface area contributed by atoms with Gasteiger partial charge in [0.05, 0.1) is 22.7 Å². The number of carbonyl (C=O) groups excluding carboxylic acids is 1. The van der Waals surface area contributed by atoms with Gasteiger partial charge in [0.15, 0.2) is 0 Å². The molecule has 9 nitrogen and oxygen atoms in total. The Bertz CT molecular complexity index is 682. The fraction of sp³-hybridized carbons (Fsp3) is 0.250. The molecule has 0 saturated carbocycles. The van der Waals surface area contributed by atoms with E-state index in [1.807, 2.05) is 0 Å². The number of hydrogen-bond donors (Lipinski definition) is 2. The van der Waals surface area contributed by atoms with Crippen LogP contribution in [-0.2, 0) is 13.0 Å². The summed E-state index contributed by atoms with van der Waals surface area (Å²) in [7, 11) is 0. The quantitative estimate of drug-likeness (QED) is 0.561. The van der Waals surface area contributed by atoms with Gasteiger partial charge in [0, 0.05) is 30.9 Å². The van der Waals surface area contributed by atoms with Crippen molar-refractivity contribution in [2.45, 2.75) is 13.0 Å². The van der Waals surface area contributed by atoms with E-state index in [0.717, 1.165) is 6.07 Å². The number of hydrogen-bond acceptors (Lipinski definition) is 6. The summed E-state index contributed by atoms with van der Waals surface area (Å²) in [6.07, 6.45) is 1.96. The third-order valence-corrected chi connectivity index (χ3v) is 2.85. The van der Waals surface area contributed by atoms with Crippen molar-refractivity contribution < 1.29 is 14.8 Å². The number of carbonyl (C=O) groups is 1. The first kappa shape index (κ1) is 14.6. The first-order valence-electron chi connectivity index (χ1n) is 6.08. The zero-order valence-corrected chi connectivity index (χ0v) is 11.0. The first-order valence-corrected chi connectivity index (χ1v) is 6.08. The lowest BCUT2D eigenvalue weighted by Gasteiger charge is -2.04. The summed E-state index contributed by atoms with van der Waals surface area (Å²) in [5, 5.41) is 27.5. The van der Waals surface area contributed by atoms with Crippen molar-refractivity contribution in [3.8, 4) is 0 Å². The van der Waals surface area contributed by atoms with Gasteiger partial charge in [-0.3, -0.25) is 14.9 Å². The second kappa shape index (κ2) is 6.09. The van der Waals surface area contributed by atoms with Gasteiger partial charge in [-0.05, 0) is 12.1 Å². The highest BCUT2D eigenvalue weighted by molar-refractivity contribution is 5.93. The number of rotatable bonds is 6. The third kappa shape index (κ3) is 3.39. The van der Waals surface area contributed by atoms with Crippen molar-refractivity contribution in [1.29, 1.82) is 0 Å². The Labute approximate surface area is 119 Å². The summed E-state index contributed by atoms with van der Waals surface area (Å²) < 4.78 is 1.43. The van der Waals surface area contributed by atoms with E-state index < -0.39 is 10.8 Å². The average Bonchev–Trinajstić information content (AvgIpc) is 2.86. The van der Waals surface area contributed by atoms with Gasteiger partial charge < -0.3 is 10.8 Å². The number of nitrogens with zero attached hydrogens (tertiary/aromatic N) is 4. The lowest BCUT2D eigenvalue weighted by Crippen LogP contribution is -2.12. The molecule has 0 bridgehead atoms. The summed E-state index contributed by atoms with van der Waals surface area (Å²) in [4.78, 5) is 21.6. The SMILES string of the molecule is NC(=O)c1ccc(Cn2cc(CCO)nn2)c([N+](=O)[O-])c1. The summed E-state index contributed by atoms with van der Waals surface area (Å²) >= 11 is 0. The van der Waals surface area contributed by atoms with Crippen LogP contribution in [0.25, 0.3) is 0 Å². The predicted octanol–water partition coefficient (Wildman–Crippen LogP) is -0.132. The summed E-state index contributed by atoms with van der Waals surface area (Å²) in [6, 6.07) is 4.03. The van der Waals surface area contributed by atoms with Crippen molar-refractivity contribution in [3.05, 3.63) is 51.3 Å². The first-order chi connectivity index (χ1) is 10.0. The van der Waals surface area contributed by atoms with Gasteiger partial charge in [0.2, 0.25) is 5.91 Å². The molecular formula is C12H13N5O4. The molecule has 0 saturated heterocycles. The highest BCUT2D eigenvalue weighted by atomic mass is 16.6. The van der Waals surface area contributed by atoms with E-state index in [4.69, 9.17) is 10.8 Å². The molecule has 3 N–H and O–H groups in total. The van der Waals surface area contributed by atoms with Crippen molar-refractivity contribution in [2.75, 3.05) is 6.61 Å². The minimum Gasteiger partial charge on any atom is -0.396 e. The Morgan fingerprint density at radius 2 is 2.24 bits per heavy atom. The monoisotopic (exact) mass is 291 g/mol. The zero-order valence-electron chi connectivity index (χ0n) is 11.0. The lowest BCUT2D eigenvalue weighted by atomic mass is 10.1. The van der Waals surface area contributed by atoms with Crippen LogP contribution in [0.15, 0.2) is 24.4 Å². The van der Waals surface area contributed by atoms with Crippen LogP contribution in [0.1, 0.15) is 21.6 Å². The number of nitrogens with two attached hydrogens (primary N) is 1. The zero-order chi connectivity index (χ0) is 15.4. The van der Waals surface area contributed by atoms with Crippen LogP contribution in [0.4, 0.5) is 5.69 Å². The topological polar surface area (TPSA) is 137 Å². The van der Waals surface area contributed by atoms with Crippen LogP contribution in [-0.4, -0.2) is 37.5 Å². The highest BCUT2D eigenvalue weighted by Gasteiger charge is 2.17. The van der Waals surface area contributed by atoms with E-state index in [2.05, 4.69) is 10.3 Å². The number of aliphatic hydroxyl groups excluding tert-OH is 1. The van der Waals surface area contributed by atoms with Crippen molar-refractivity contribution in [1.82, 2.24) is 15.0 Å². The highest BCUT2D eigenvalue weighted by Crippen LogP contribution is 2.21. The van der Waals surface area contributed by atoms with Crippen molar-refractivity contribution in [2.24, 2.45) is 5.73 Å². The Kier molecular flexibility index (Phi) is 4.24. The smallest absolute Gasteiger partial charge is 0.275 e. The molecule has 0 radical (unpaired) electrons. The van der Waals surface area contributed by atoms with Crippen LogP contribution in [0, 0.1) is 10.1 Å². The third-order valence-electron chi connectivity index (χ3n) is 2.85. The Balaban J connectivity index is 2.29. The molecule has 0 spiro atoms. The molecule has 110 valence electrons. The van der Waals surface area contributed by atoms with Crippen LogP contribution < -0.4 is 5.73 Å². The summed E-state index contributed by atoms with van der Waals surface area (Å²) in [5.74, 6) is -0.726. The van der Waals surface area contributed by atoms with E-state index in [1.165, 1.54) is 16.8 Å². The number of benzene rings is 1. The molecule has 0 aliphatic carbocycles. The largest absolute Gasteiger partial charge is 0.396 e. The van der Waals surface area contributed by atoms with E-state index in [0.29, 0.717) is 17.7 Å². The lowest BCUT2D eigenvalue weighted by molar-refractivity contribution is -0.385. The maximum Gasteiger partial charge on any atom is 0.275 e. The molecule has 0 fully saturated rings. The minimum absolute atomic E-state index is 0.0495. The number of amides is 1. The Morgan fingerprint density at radius 1 is 1.48 bits per heavy atom. The van der Waals surface area contributed by atoms with Gasteiger partial charge in [0.25, 0.3) is 5.69 Å². The van der Waals surface area contributed by atoms with Crippen molar-refractivity contribution >= 4 is 11.6 Å². The molecule has 2 aromatic rings. The Hall–Kier alpha value is -2.81. The molecule has 1 heterocycles. The Morgan fingerprint density at radius 3 is 2.86 bits per heavy atom. The molecule has 9 heteroatoms. The van der Waals surface area contributed by atoms with Gasteiger partial charge in [-0.2, -0.15) is 0 Å². The normalized spacial score (nSPS) is 10.5. The summed E-state index contributed by atoms with van der Waals surface area (Å²) in [5.41, 5.74) is 5.95. The molecule has 0 atom stereocenters. The van der Waals surface area contributed by atoms with E-state index >= 15 is 0 Å². The number of nitro benzene ring substituents is 1. The molecule has 1 amide bonds. The fourth-order valence-electron chi connectivity index (χ4n) is 1.84. The molecule has 2 rings (SSSR count). The summed E-state index contributed by atoms with van der Waals surface area (Å²) in [6.45, 7) is 0.0833. The minimum atomic E-state index is -0.726. The molecular weight excluding hydrogens is 278 g/mol. The van der Waals surface area contributed by atoms with Crippen LogP contribution in [0.2, 0.25) is 0 Å². The predicted molar refractivity (Wildman–Crippen MR) is 71.5 cm³/mol. The second-order valence-corrected chi connectivity index (χ2v) is 4.35. The fourth-order valence-corrected chi connectivity index (χ4v) is 1.84. The van der Waals surface area contributed by atoms with Crippen LogP contribution >= 0.6 is 0 Å². The van der Waals surface area contributed by atoms with Crippen LogP contribution in [0.3, 0.4) is 0 Å². The molecule has 1 aromatic carbocycles. The van der Waals surface area contributed by atoms with E-state index in [9.17, 15) is 14.9 Å². The molecule has 21 heavy (non-hydrogen) atoms.